The van der Waals surface area contributed by atoms with E-state index in [0.29, 0.717) is 40.6 Å². The van der Waals surface area contributed by atoms with Crippen LogP contribution in [0, 0.1) is 12.7 Å². The third kappa shape index (κ3) is 3.31. The van der Waals surface area contributed by atoms with E-state index in [1.165, 1.54) is 6.07 Å². The van der Waals surface area contributed by atoms with Gasteiger partial charge in [0.15, 0.2) is 5.82 Å². The molecule has 11 heteroatoms. The van der Waals surface area contributed by atoms with Crippen molar-refractivity contribution in [3.63, 3.8) is 0 Å². The molecule has 1 aromatic carbocycles. The maximum Gasteiger partial charge on any atom is 0.326 e. The maximum atomic E-state index is 15.2. The smallest absolute Gasteiger partial charge is 0.326 e. The molecule has 1 fully saturated rings. The molecule has 0 bridgehead atoms. The third-order valence-corrected chi connectivity index (χ3v) is 6.32. The first-order valence-electron chi connectivity index (χ1n) is 8.76. The average Bonchev–Trinajstić information content (AvgIpc) is 3.15. The Morgan fingerprint density at radius 2 is 2.25 bits per heavy atom. The minimum Gasteiger partial charge on any atom is -0.506 e. The number of nitrogens with one attached hydrogen (secondary N) is 2. The number of fused-ring (bicyclic) bond motifs is 1. The lowest BCUT2D eigenvalue weighted by Gasteiger charge is -2.28. The average molecular weight is 410 g/mol. The van der Waals surface area contributed by atoms with E-state index in [9.17, 15) is 18.3 Å². The number of hydrogen-bond acceptors (Lipinski definition) is 7. The fraction of sp³-hybridized carbons (Fsp3) is 0.412. The summed E-state index contributed by atoms with van der Waals surface area (Å²) < 4.78 is 46.7. The van der Waals surface area contributed by atoms with Crippen LogP contribution in [0.5, 0.6) is 5.75 Å². The van der Waals surface area contributed by atoms with Crippen LogP contribution in [0.15, 0.2) is 16.7 Å². The summed E-state index contributed by atoms with van der Waals surface area (Å²) in [5.74, 6) is -1.40. The zero-order chi connectivity index (χ0) is 20.1. The van der Waals surface area contributed by atoms with Gasteiger partial charge >= 0.3 is 10.2 Å². The van der Waals surface area contributed by atoms with Gasteiger partial charge < -0.3 is 14.9 Å². The first-order chi connectivity index (χ1) is 13.2. The Balaban J connectivity index is 1.59. The number of aromatic hydroxyl groups is 1. The standard InChI is InChI=1S/C17H19FN4O5S/c1-9-4-12(20-27-9)7-19-11-3-2-10-5-14(23)17(16(18)13(10)6-11)22-8-15(24)21-28(22,25)26/h4-5,11,19,23H,2-3,6-8H2,1H3,(H,21,24)/t11-/m1/s1. The summed E-state index contributed by atoms with van der Waals surface area (Å²) in [6.45, 7) is 1.68. The molecule has 2 aliphatic rings. The predicted molar refractivity (Wildman–Crippen MR) is 96.4 cm³/mol. The molecule has 1 aliphatic carbocycles. The van der Waals surface area contributed by atoms with E-state index in [2.05, 4.69) is 10.5 Å². The van der Waals surface area contributed by atoms with E-state index in [4.69, 9.17) is 4.52 Å². The van der Waals surface area contributed by atoms with Gasteiger partial charge in [-0.05, 0) is 43.4 Å². The zero-order valence-electron chi connectivity index (χ0n) is 15.0. The van der Waals surface area contributed by atoms with E-state index < -0.39 is 39.9 Å². The first kappa shape index (κ1) is 18.7. The van der Waals surface area contributed by atoms with Gasteiger partial charge in [-0.15, -0.1) is 0 Å². The Morgan fingerprint density at radius 1 is 1.46 bits per heavy atom. The van der Waals surface area contributed by atoms with Crippen LogP contribution >= 0.6 is 0 Å². The van der Waals surface area contributed by atoms with Crippen molar-refractivity contribution in [3.8, 4) is 5.75 Å². The van der Waals surface area contributed by atoms with Crippen molar-refractivity contribution in [1.82, 2.24) is 15.2 Å². The number of amides is 1. The van der Waals surface area contributed by atoms with Gasteiger partial charge in [0.2, 0.25) is 0 Å². The largest absolute Gasteiger partial charge is 0.506 e. The molecule has 28 heavy (non-hydrogen) atoms. The van der Waals surface area contributed by atoms with Crippen LogP contribution in [-0.2, 0) is 34.4 Å². The maximum absolute atomic E-state index is 15.2. The molecule has 0 unspecified atom stereocenters. The molecule has 1 aromatic heterocycles. The lowest BCUT2D eigenvalue weighted by molar-refractivity contribution is -0.117. The molecule has 0 saturated carbocycles. The van der Waals surface area contributed by atoms with Crippen molar-refractivity contribution in [1.29, 1.82) is 0 Å². The van der Waals surface area contributed by atoms with E-state index in [1.54, 1.807) is 11.6 Å². The van der Waals surface area contributed by atoms with Crippen molar-refractivity contribution in [3.05, 3.63) is 40.5 Å². The monoisotopic (exact) mass is 410 g/mol. The second-order valence-corrected chi connectivity index (χ2v) is 8.58. The van der Waals surface area contributed by atoms with Crippen molar-refractivity contribution in [2.45, 2.75) is 38.8 Å². The second-order valence-electron chi connectivity index (χ2n) is 6.98. The molecular formula is C17H19FN4O5S. The quantitative estimate of drug-likeness (QED) is 0.676. The van der Waals surface area contributed by atoms with Crippen molar-refractivity contribution < 1.29 is 27.2 Å². The van der Waals surface area contributed by atoms with E-state index >= 15 is 4.39 Å². The van der Waals surface area contributed by atoms with Gasteiger partial charge in [-0.3, -0.25) is 4.79 Å². The molecule has 4 rings (SSSR count). The third-order valence-electron chi connectivity index (χ3n) is 4.94. The lowest BCUT2D eigenvalue weighted by Crippen LogP contribution is -2.35. The number of phenolic OH excluding ortho intramolecular Hbond substituents is 1. The van der Waals surface area contributed by atoms with Crippen LogP contribution < -0.4 is 14.3 Å². The highest BCUT2D eigenvalue weighted by atomic mass is 32.2. The zero-order valence-corrected chi connectivity index (χ0v) is 15.8. The van der Waals surface area contributed by atoms with Crippen LogP contribution in [0.2, 0.25) is 0 Å². The summed E-state index contributed by atoms with van der Waals surface area (Å²) in [4.78, 5) is 11.5. The molecule has 150 valence electrons. The van der Waals surface area contributed by atoms with Crippen LogP contribution in [0.3, 0.4) is 0 Å². The van der Waals surface area contributed by atoms with Gasteiger partial charge in [-0.2, -0.15) is 8.42 Å². The van der Waals surface area contributed by atoms with E-state index in [0.717, 1.165) is 12.1 Å². The Hall–Kier alpha value is -2.66. The van der Waals surface area contributed by atoms with Gasteiger partial charge in [0.25, 0.3) is 5.91 Å². The Morgan fingerprint density at radius 3 is 2.89 bits per heavy atom. The van der Waals surface area contributed by atoms with Gasteiger partial charge in [-0.1, -0.05) is 5.16 Å². The van der Waals surface area contributed by atoms with Crippen molar-refractivity contribution in [2.75, 3.05) is 10.8 Å². The molecule has 0 spiro atoms. The van der Waals surface area contributed by atoms with E-state index in [1.807, 2.05) is 6.07 Å². The minimum absolute atomic E-state index is 0.0497. The molecule has 1 amide bonds. The highest BCUT2D eigenvalue weighted by Gasteiger charge is 2.39. The molecule has 3 N–H and O–H groups in total. The fourth-order valence-corrected chi connectivity index (χ4v) is 4.81. The van der Waals surface area contributed by atoms with E-state index in [-0.39, 0.29) is 6.04 Å². The number of phenols is 1. The van der Waals surface area contributed by atoms with Crippen LogP contribution in [0.25, 0.3) is 0 Å². The summed E-state index contributed by atoms with van der Waals surface area (Å²) in [6, 6.07) is 3.14. The molecule has 1 aliphatic heterocycles. The van der Waals surface area contributed by atoms with Gasteiger partial charge in [-0.25, -0.2) is 13.4 Å². The fourth-order valence-electron chi connectivity index (χ4n) is 3.65. The van der Waals surface area contributed by atoms with Gasteiger partial charge in [0.05, 0.1) is 5.69 Å². The minimum atomic E-state index is -4.22. The summed E-state index contributed by atoms with van der Waals surface area (Å²) in [6.07, 6.45) is 1.57. The summed E-state index contributed by atoms with van der Waals surface area (Å²) in [5, 5.41) is 17.4. The number of benzene rings is 1. The van der Waals surface area contributed by atoms with Crippen molar-refractivity contribution in [2.24, 2.45) is 0 Å². The number of halogens is 1. The Kier molecular flexibility index (Phi) is 4.50. The van der Waals surface area contributed by atoms with Crippen LogP contribution in [-0.4, -0.2) is 37.2 Å². The molecule has 2 heterocycles. The van der Waals surface area contributed by atoms with Gasteiger partial charge in [0, 0.05) is 18.7 Å². The number of rotatable bonds is 4. The molecule has 9 nitrogen and oxygen atoms in total. The SMILES string of the molecule is Cc1cc(CN[C@@H]2CCc3cc(O)c(N4CC(=O)NS4(=O)=O)c(F)c3C2)no1. The Labute approximate surface area is 160 Å². The molecule has 1 saturated heterocycles. The summed E-state index contributed by atoms with van der Waals surface area (Å²) in [5.41, 5.74) is 1.21. The molecule has 0 radical (unpaired) electrons. The summed E-state index contributed by atoms with van der Waals surface area (Å²) in [7, 11) is -4.22. The Bertz CT molecular complexity index is 1050. The molecule has 2 aromatic rings. The first-order valence-corrected chi connectivity index (χ1v) is 10.2. The molecular weight excluding hydrogens is 391 g/mol. The molecule has 1 atom stereocenters. The van der Waals surface area contributed by atoms with Gasteiger partial charge in [0.1, 0.15) is 23.7 Å². The summed E-state index contributed by atoms with van der Waals surface area (Å²) >= 11 is 0. The number of carbonyl (C=O) groups is 1. The predicted octanol–water partition coefficient (Wildman–Crippen LogP) is 0.656. The second kappa shape index (κ2) is 6.74. The highest BCUT2D eigenvalue weighted by Crippen LogP contribution is 2.39. The normalized spacial score (nSPS) is 20.9. The number of aryl methyl sites for hydroxylation is 2. The topological polar surface area (TPSA) is 125 Å². The lowest BCUT2D eigenvalue weighted by atomic mass is 9.87. The van der Waals surface area contributed by atoms with Crippen molar-refractivity contribution >= 4 is 21.8 Å². The number of nitrogens with zero attached hydrogens (tertiary/aromatic N) is 2. The number of aromatic nitrogens is 1. The highest BCUT2D eigenvalue weighted by molar-refractivity contribution is 7.92. The van der Waals surface area contributed by atoms with Crippen LogP contribution in [0.1, 0.15) is 29.0 Å². The number of carbonyl (C=O) groups excluding carboxylic acids is 1. The van der Waals surface area contributed by atoms with Crippen LogP contribution in [0.4, 0.5) is 10.1 Å². The number of hydrogen-bond donors (Lipinski definition) is 3. The number of anilines is 1.